The molecule has 0 N–H and O–H groups in total. The van der Waals surface area contributed by atoms with E-state index in [1.54, 1.807) is 0 Å². The van der Waals surface area contributed by atoms with Crippen LogP contribution in [0.2, 0.25) is 0 Å². The molecule has 2 heterocycles. The van der Waals surface area contributed by atoms with Gasteiger partial charge in [-0.15, -0.1) is 0 Å². The third kappa shape index (κ3) is 8.45. The predicted molar refractivity (Wildman–Crippen MR) is 272 cm³/mol. The smallest absolute Gasteiger partial charge is 0.164 e. The Morgan fingerprint density at radius 2 is 0.574 bits per heavy atom. The van der Waals surface area contributed by atoms with Crippen LogP contribution in [-0.4, -0.2) is 29.9 Å². The number of hydrogen-bond acceptors (Lipinski definition) is 7. The normalized spacial score (nSPS) is 10.9. The molecule has 11 aromatic rings. The van der Waals surface area contributed by atoms with Gasteiger partial charge >= 0.3 is 0 Å². The van der Waals surface area contributed by atoms with E-state index in [2.05, 4.69) is 91.0 Å². The molecule has 0 bridgehead atoms. The van der Waals surface area contributed by atoms with Crippen LogP contribution in [0.15, 0.2) is 237 Å². The van der Waals surface area contributed by atoms with E-state index in [0.29, 0.717) is 40.5 Å². The van der Waals surface area contributed by atoms with E-state index in [0.717, 1.165) is 77.9 Å². The van der Waals surface area contributed by atoms with Crippen molar-refractivity contribution in [2.24, 2.45) is 0 Å². The van der Waals surface area contributed by atoms with Gasteiger partial charge in [0.2, 0.25) is 0 Å². The Labute approximate surface area is 394 Å². The lowest BCUT2D eigenvalue weighted by atomic mass is 9.86. The molecule has 0 aliphatic heterocycles. The van der Waals surface area contributed by atoms with E-state index in [-0.39, 0.29) is 0 Å². The number of nitrogens with zero attached hydrogens (tertiary/aromatic N) is 7. The summed E-state index contributed by atoms with van der Waals surface area (Å²) < 4.78 is 0. The van der Waals surface area contributed by atoms with Gasteiger partial charge < -0.3 is 0 Å². The molecule has 0 radical (unpaired) electrons. The first kappa shape index (κ1) is 41.2. The molecule has 0 aliphatic rings. The van der Waals surface area contributed by atoms with E-state index in [9.17, 15) is 5.26 Å². The fourth-order valence-corrected chi connectivity index (χ4v) is 8.49. The highest BCUT2D eigenvalue weighted by atomic mass is 15.0. The monoisotopic (exact) mass is 869 g/mol. The summed E-state index contributed by atoms with van der Waals surface area (Å²) in [7, 11) is 0. The minimum absolute atomic E-state index is 0.574. The zero-order chi connectivity index (χ0) is 45.7. The van der Waals surface area contributed by atoms with Crippen LogP contribution in [-0.2, 0) is 0 Å². The predicted octanol–water partition coefficient (Wildman–Crippen LogP) is 14.6. The Hall–Kier alpha value is -9.51. The van der Waals surface area contributed by atoms with Gasteiger partial charge in [-0.25, -0.2) is 29.9 Å². The van der Waals surface area contributed by atoms with E-state index in [1.165, 1.54) is 0 Å². The number of rotatable bonds is 10. The molecule has 2 aromatic heterocycles. The van der Waals surface area contributed by atoms with Crippen LogP contribution in [0.3, 0.4) is 0 Å². The van der Waals surface area contributed by atoms with Crippen LogP contribution < -0.4 is 0 Å². The highest BCUT2D eigenvalue weighted by molar-refractivity contribution is 5.97. The molecule has 0 amide bonds. The van der Waals surface area contributed by atoms with Gasteiger partial charge in [0.15, 0.2) is 34.9 Å². The summed E-state index contributed by atoms with van der Waals surface area (Å²) in [6, 6.07) is 82.0. The standard InChI is InChI=1S/C61H39N7/c62-40-41-32-34-42(35-33-41)47-36-37-50(48-26-17-27-49(38-48)60-65-56(43-18-5-1-6-19-43)63-57(66-60)44-20-7-2-8-21-44)55(39-47)53-30-14-13-28-51(53)52-29-15-16-31-54(52)61-67-58(45-22-9-3-10-23-45)64-59(68-61)46-24-11-4-12-25-46/h1-39H. The van der Waals surface area contributed by atoms with Gasteiger partial charge in [-0.3, -0.25) is 0 Å². The maximum atomic E-state index is 9.62. The first-order valence-corrected chi connectivity index (χ1v) is 22.3. The molecule has 0 fully saturated rings. The fraction of sp³-hybridized carbons (Fsp3) is 0. The quantitative estimate of drug-likeness (QED) is 0.135. The maximum absolute atomic E-state index is 9.62. The molecule has 0 atom stereocenters. The Morgan fingerprint density at radius 3 is 1.04 bits per heavy atom. The summed E-state index contributed by atoms with van der Waals surface area (Å²) in [4.78, 5) is 30.3. The van der Waals surface area contributed by atoms with Crippen LogP contribution in [0.25, 0.3) is 113 Å². The second kappa shape index (κ2) is 18.5. The Kier molecular flexibility index (Phi) is 11.2. The van der Waals surface area contributed by atoms with E-state index in [1.807, 2.05) is 152 Å². The largest absolute Gasteiger partial charge is 0.208 e. The second-order valence-corrected chi connectivity index (χ2v) is 16.2. The minimum atomic E-state index is 0.574. The van der Waals surface area contributed by atoms with Crippen molar-refractivity contribution < 1.29 is 0 Å². The van der Waals surface area contributed by atoms with Crippen molar-refractivity contribution in [2.45, 2.75) is 0 Å². The van der Waals surface area contributed by atoms with Crippen molar-refractivity contribution in [2.75, 3.05) is 0 Å². The molecule has 318 valence electrons. The number of hydrogen-bond donors (Lipinski definition) is 0. The minimum Gasteiger partial charge on any atom is -0.208 e. The molecule has 7 heteroatoms. The molecule has 9 aromatic carbocycles. The first-order valence-electron chi connectivity index (χ1n) is 22.3. The third-order valence-corrected chi connectivity index (χ3v) is 11.9. The van der Waals surface area contributed by atoms with Gasteiger partial charge in [-0.1, -0.05) is 212 Å². The number of nitriles is 1. The Morgan fingerprint density at radius 1 is 0.221 bits per heavy atom. The van der Waals surface area contributed by atoms with Crippen molar-refractivity contribution in [3.63, 3.8) is 0 Å². The van der Waals surface area contributed by atoms with E-state index < -0.39 is 0 Å². The maximum Gasteiger partial charge on any atom is 0.164 e. The van der Waals surface area contributed by atoms with Crippen LogP contribution in [0.4, 0.5) is 0 Å². The van der Waals surface area contributed by atoms with Crippen molar-refractivity contribution in [3.05, 3.63) is 242 Å². The highest BCUT2D eigenvalue weighted by Crippen LogP contribution is 2.43. The summed E-state index contributed by atoms with van der Waals surface area (Å²) in [6.07, 6.45) is 0. The fourth-order valence-electron chi connectivity index (χ4n) is 8.49. The van der Waals surface area contributed by atoms with Crippen LogP contribution in [0.5, 0.6) is 0 Å². The average molecular weight is 870 g/mol. The summed E-state index contributed by atoms with van der Waals surface area (Å²) in [5.74, 6) is 3.55. The topological polar surface area (TPSA) is 101 Å². The number of benzene rings is 9. The summed E-state index contributed by atoms with van der Waals surface area (Å²) >= 11 is 0. The van der Waals surface area contributed by atoms with Crippen LogP contribution in [0.1, 0.15) is 5.56 Å². The Balaban J connectivity index is 1.09. The van der Waals surface area contributed by atoms with Crippen molar-refractivity contribution in [1.29, 1.82) is 5.26 Å². The molecule has 0 unspecified atom stereocenters. The average Bonchev–Trinajstić information content (AvgIpc) is 3.43. The van der Waals surface area contributed by atoms with E-state index in [4.69, 9.17) is 29.9 Å². The molecule has 0 spiro atoms. The summed E-state index contributed by atoms with van der Waals surface area (Å²) in [6.45, 7) is 0. The third-order valence-electron chi connectivity index (χ3n) is 11.9. The first-order chi connectivity index (χ1) is 33.6. The summed E-state index contributed by atoms with van der Waals surface area (Å²) in [5, 5.41) is 9.62. The number of aromatic nitrogens is 6. The van der Waals surface area contributed by atoms with Crippen molar-refractivity contribution in [3.8, 4) is 119 Å². The molecule has 7 nitrogen and oxygen atoms in total. The molecule has 68 heavy (non-hydrogen) atoms. The van der Waals surface area contributed by atoms with Crippen LogP contribution >= 0.6 is 0 Å². The molecule has 11 rings (SSSR count). The molecular weight excluding hydrogens is 831 g/mol. The lowest BCUT2D eigenvalue weighted by Crippen LogP contribution is -2.01. The van der Waals surface area contributed by atoms with Crippen molar-refractivity contribution >= 4 is 0 Å². The molecule has 0 saturated carbocycles. The lowest BCUT2D eigenvalue weighted by Gasteiger charge is -2.19. The van der Waals surface area contributed by atoms with Crippen LogP contribution in [0, 0.1) is 11.3 Å². The molecule has 0 aliphatic carbocycles. The highest BCUT2D eigenvalue weighted by Gasteiger charge is 2.21. The zero-order valence-electron chi connectivity index (χ0n) is 36.6. The second-order valence-electron chi connectivity index (χ2n) is 16.2. The Bertz CT molecular complexity index is 3500. The molecule has 0 saturated heterocycles. The van der Waals surface area contributed by atoms with Gasteiger partial charge in [0, 0.05) is 33.4 Å². The van der Waals surface area contributed by atoms with Gasteiger partial charge in [-0.2, -0.15) is 5.26 Å². The van der Waals surface area contributed by atoms with E-state index >= 15 is 0 Å². The molecular formula is C61H39N7. The SMILES string of the molecule is N#Cc1ccc(-c2ccc(-c3cccc(-c4nc(-c5ccccc5)nc(-c5ccccc5)n4)c3)c(-c3ccccc3-c3ccccc3-c3nc(-c4ccccc4)nc(-c4ccccc4)n3)c2)cc1. The zero-order valence-corrected chi connectivity index (χ0v) is 36.6. The van der Waals surface area contributed by atoms with Gasteiger partial charge in [-0.05, 0) is 68.8 Å². The van der Waals surface area contributed by atoms with Gasteiger partial charge in [0.05, 0.1) is 11.6 Å². The van der Waals surface area contributed by atoms with Crippen molar-refractivity contribution in [1.82, 2.24) is 29.9 Å². The van der Waals surface area contributed by atoms with Gasteiger partial charge in [0.25, 0.3) is 0 Å². The summed E-state index contributed by atoms with van der Waals surface area (Å²) in [5.41, 5.74) is 14.0. The lowest BCUT2D eigenvalue weighted by molar-refractivity contribution is 1.07. The van der Waals surface area contributed by atoms with Gasteiger partial charge in [0.1, 0.15) is 0 Å².